The molecular weight excluding hydrogens is 268 g/mol. The Balaban J connectivity index is 2.51. The van der Waals surface area contributed by atoms with Crippen molar-refractivity contribution in [2.75, 3.05) is 12.8 Å². The van der Waals surface area contributed by atoms with Gasteiger partial charge in [0.25, 0.3) is 0 Å². The maximum atomic E-state index is 11.9. The number of amides is 1. The second kappa shape index (κ2) is 8.32. The van der Waals surface area contributed by atoms with E-state index in [4.69, 9.17) is 0 Å². The normalized spacial score (nSPS) is 14.1. The number of rotatable bonds is 7. The lowest BCUT2D eigenvalue weighted by Gasteiger charge is -2.20. The van der Waals surface area contributed by atoms with E-state index < -0.39 is 0 Å². The zero-order valence-corrected chi connectivity index (χ0v) is 13.9. The Kier molecular flexibility index (Phi) is 7.10. The molecule has 0 radical (unpaired) electrons. The molecule has 20 heavy (non-hydrogen) atoms. The number of hydrogen-bond donors (Lipinski definition) is 2. The highest BCUT2D eigenvalue weighted by Gasteiger charge is 2.16. The zero-order chi connectivity index (χ0) is 15.1. The molecule has 0 bridgehead atoms. The fourth-order valence-corrected chi connectivity index (χ4v) is 2.31. The van der Waals surface area contributed by atoms with Gasteiger partial charge in [-0.3, -0.25) is 10.1 Å². The van der Waals surface area contributed by atoms with Crippen molar-refractivity contribution in [1.29, 1.82) is 0 Å². The number of nitrogens with one attached hydrogen (secondary N) is 2. The highest BCUT2D eigenvalue weighted by atomic mass is 32.2. The first-order valence-electron chi connectivity index (χ1n) is 7.11. The molecular formula is C16H26N2OS. The molecule has 0 aliphatic carbocycles. The van der Waals surface area contributed by atoms with E-state index in [2.05, 4.69) is 61.9 Å². The molecule has 3 nitrogen and oxygen atoms in total. The van der Waals surface area contributed by atoms with Crippen molar-refractivity contribution >= 4 is 17.7 Å². The Labute approximate surface area is 126 Å². The number of hydrogen-bond acceptors (Lipinski definition) is 3. The minimum absolute atomic E-state index is 0.0614. The summed E-state index contributed by atoms with van der Waals surface area (Å²) in [5.41, 5.74) is 1.20. The lowest BCUT2D eigenvalue weighted by atomic mass is 10.1. The number of carbonyl (C=O) groups excluding carboxylic acids is 1. The van der Waals surface area contributed by atoms with E-state index in [-0.39, 0.29) is 18.0 Å². The van der Waals surface area contributed by atoms with Gasteiger partial charge in [-0.25, -0.2) is 0 Å². The second-order valence-electron chi connectivity index (χ2n) is 5.52. The Morgan fingerprint density at radius 2 is 1.75 bits per heavy atom. The molecule has 0 aromatic heterocycles. The van der Waals surface area contributed by atoms with Gasteiger partial charge in [0.15, 0.2) is 0 Å². The van der Waals surface area contributed by atoms with Crippen LogP contribution in [-0.2, 0) is 4.79 Å². The summed E-state index contributed by atoms with van der Waals surface area (Å²) in [6.07, 6.45) is 2.07. The maximum absolute atomic E-state index is 11.9. The minimum atomic E-state index is -0.191. The van der Waals surface area contributed by atoms with E-state index in [1.165, 1.54) is 10.5 Å². The quantitative estimate of drug-likeness (QED) is 0.759. The van der Waals surface area contributed by atoms with Gasteiger partial charge >= 0.3 is 0 Å². The SMILES string of the molecule is CSc1ccc(C(C)NC(C)C(=O)NCC(C)C)cc1. The van der Waals surface area contributed by atoms with Crippen molar-refractivity contribution < 1.29 is 4.79 Å². The largest absolute Gasteiger partial charge is 0.354 e. The highest BCUT2D eigenvalue weighted by Crippen LogP contribution is 2.19. The molecule has 0 spiro atoms. The van der Waals surface area contributed by atoms with Crippen LogP contribution in [0.3, 0.4) is 0 Å². The molecule has 112 valence electrons. The van der Waals surface area contributed by atoms with Crippen molar-refractivity contribution in [2.24, 2.45) is 5.92 Å². The standard InChI is InChI=1S/C16H26N2OS/c1-11(2)10-17-16(19)13(4)18-12(3)14-6-8-15(20-5)9-7-14/h6-9,11-13,18H,10H2,1-5H3,(H,17,19). The first-order valence-corrected chi connectivity index (χ1v) is 8.34. The number of carbonyl (C=O) groups is 1. The van der Waals surface area contributed by atoms with Crippen LogP contribution in [0, 0.1) is 5.92 Å². The van der Waals surface area contributed by atoms with Gasteiger partial charge < -0.3 is 5.32 Å². The van der Waals surface area contributed by atoms with E-state index >= 15 is 0 Å². The summed E-state index contributed by atoms with van der Waals surface area (Å²) in [5.74, 6) is 0.536. The van der Waals surface area contributed by atoms with Crippen LogP contribution in [-0.4, -0.2) is 24.7 Å². The molecule has 1 aromatic rings. The van der Waals surface area contributed by atoms with Crippen molar-refractivity contribution in [3.63, 3.8) is 0 Å². The molecule has 0 fully saturated rings. The third-order valence-electron chi connectivity index (χ3n) is 3.19. The smallest absolute Gasteiger partial charge is 0.236 e. The van der Waals surface area contributed by atoms with Crippen LogP contribution >= 0.6 is 11.8 Å². The molecule has 1 amide bonds. The average molecular weight is 294 g/mol. The minimum Gasteiger partial charge on any atom is -0.354 e. The molecule has 2 atom stereocenters. The average Bonchev–Trinajstić information content (AvgIpc) is 2.44. The number of benzene rings is 1. The summed E-state index contributed by atoms with van der Waals surface area (Å²) in [6, 6.07) is 8.42. The first kappa shape index (κ1) is 17.1. The molecule has 2 N–H and O–H groups in total. The Bertz CT molecular complexity index is 417. The van der Waals surface area contributed by atoms with Crippen LogP contribution in [0.5, 0.6) is 0 Å². The molecule has 0 saturated carbocycles. The summed E-state index contributed by atoms with van der Waals surface area (Å²) >= 11 is 1.73. The fraction of sp³-hybridized carbons (Fsp3) is 0.562. The molecule has 0 saturated heterocycles. The van der Waals surface area contributed by atoms with E-state index in [1.807, 2.05) is 6.92 Å². The second-order valence-corrected chi connectivity index (χ2v) is 6.40. The Morgan fingerprint density at radius 1 is 1.15 bits per heavy atom. The molecule has 2 unspecified atom stereocenters. The lowest BCUT2D eigenvalue weighted by Crippen LogP contribution is -2.44. The maximum Gasteiger partial charge on any atom is 0.236 e. The van der Waals surface area contributed by atoms with E-state index in [9.17, 15) is 4.79 Å². The fourth-order valence-electron chi connectivity index (χ4n) is 1.90. The van der Waals surface area contributed by atoms with Gasteiger partial charge in [-0.1, -0.05) is 26.0 Å². The molecule has 1 rings (SSSR count). The Hall–Kier alpha value is -1.00. The van der Waals surface area contributed by atoms with Gasteiger partial charge in [-0.2, -0.15) is 0 Å². The van der Waals surface area contributed by atoms with Gasteiger partial charge in [0, 0.05) is 17.5 Å². The third kappa shape index (κ3) is 5.55. The van der Waals surface area contributed by atoms with Gasteiger partial charge in [0.1, 0.15) is 0 Å². The van der Waals surface area contributed by atoms with Crippen LogP contribution in [0.1, 0.15) is 39.3 Å². The van der Waals surface area contributed by atoms with Gasteiger partial charge in [0.05, 0.1) is 6.04 Å². The molecule has 0 aliphatic rings. The van der Waals surface area contributed by atoms with E-state index in [0.29, 0.717) is 5.92 Å². The summed E-state index contributed by atoms with van der Waals surface area (Å²) in [5, 5.41) is 6.29. The van der Waals surface area contributed by atoms with Crippen LogP contribution in [0.2, 0.25) is 0 Å². The Morgan fingerprint density at radius 3 is 2.25 bits per heavy atom. The van der Waals surface area contributed by atoms with Crippen LogP contribution in [0.15, 0.2) is 29.2 Å². The van der Waals surface area contributed by atoms with Gasteiger partial charge in [-0.15, -0.1) is 11.8 Å². The monoisotopic (exact) mass is 294 g/mol. The molecule has 0 aliphatic heterocycles. The van der Waals surface area contributed by atoms with E-state index in [1.54, 1.807) is 11.8 Å². The van der Waals surface area contributed by atoms with Crippen molar-refractivity contribution in [2.45, 2.75) is 44.7 Å². The lowest BCUT2D eigenvalue weighted by molar-refractivity contribution is -0.123. The van der Waals surface area contributed by atoms with Crippen LogP contribution in [0.25, 0.3) is 0 Å². The molecule has 0 heterocycles. The van der Waals surface area contributed by atoms with Crippen molar-refractivity contribution in [3.8, 4) is 0 Å². The predicted octanol–water partition coefficient (Wildman–Crippen LogP) is 3.22. The van der Waals surface area contributed by atoms with Crippen LogP contribution in [0.4, 0.5) is 0 Å². The van der Waals surface area contributed by atoms with Gasteiger partial charge in [0.2, 0.25) is 5.91 Å². The highest BCUT2D eigenvalue weighted by molar-refractivity contribution is 7.98. The summed E-state index contributed by atoms with van der Waals surface area (Å²) < 4.78 is 0. The summed E-state index contributed by atoms with van der Waals surface area (Å²) in [4.78, 5) is 13.2. The summed E-state index contributed by atoms with van der Waals surface area (Å²) in [6.45, 7) is 8.90. The van der Waals surface area contributed by atoms with Gasteiger partial charge in [-0.05, 0) is 43.7 Å². The van der Waals surface area contributed by atoms with Crippen molar-refractivity contribution in [1.82, 2.24) is 10.6 Å². The van der Waals surface area contributed by atoms with Crippen molar-refractivity contribution in [3.05, 3.63) is 29.8 Å². The van der Waals surface area contributed by atoms with Crippen LogP contribution < -0.4 is 10.6 Å². The predicted molar refractivity (Wildman–Crippen MR) is 87.1 cm³/mol. The zero-order valence-electron chi connectivity index (χ0n) is 13.1. The molecule has 4 heteroatoms. The molecule has 1 aromatic carbocycles. The topological polar surface area (TPSA) is 41.1 Å². The third-order valence-corrected chi connectivity index (χ3v) is 3.94. The first-order chi connectivity index (χ1) is 9.43. The summed E-state index contributed by atoms with van der Waals surface area (Å²) in [7, 11) is 0. The van der Waals surface area contributed by atoms with E-state index in [0.717, 1.165) is 6.54 Å². The number of thioether (sulfide) groups is 1.